The van der Waals surface area contributed by atoms with Crippen LogP contribution in [0.3, 0.4) is 0 Å². The van der Waals surface area contributed by atoms with Gasteiger partial charge in [0, 0.05) is 12.7 Å². The van der Waals surface area contributed by atoms with Crippen molar-refractivity contribution in [2.24, 2.45) is 0 Å². The van der Waals surface area contributed by atoms with Crippen LogP contribution in [-0.4, -0.2) is 37.7 Å². The van der Waals surface area contributed by atoms with Gasteiger partial charge in [-0.15, -0.1) is 10.2 Å². The van der Waals surface area contributed by atoms with E-state index in [9.17, 15) is 9.18 Å². The zero-order chi connectivity index (χ0) is 15.9. The molecule has 1 saturated heterocycles. The molecule has 1 amide bonds. The quantitative estimate of drug-likeness (QED) is 0.813. The van der Waals surface area contributed by atoms with Crippen LogP contribution in [-0.2, 0) is 4.74 Å². The van der Waals surface area contributed by atoms with Crippen LogP contribution in [0.5, 0.6) is 0 Å². The molecule has 0 bridgehead atoms. The zero-order valence-corrected chi connectivity index (χ0v) is 12.9. The van der Waals surface area contributed by atoms with Crippen molar-refractivity contribution in [2.45, 2.75) is 45.3 Å². The lowest BCUT2D eigenvalue weighted by Crippen LogP contribution is -2.37. The second-order valence-electron chi connectivity index (χ2n) is 6.47. The number of hydrogen-bond donors (Lipinski definition) is 0. The minimum Gasteiger partial charge on any atom is -0.444 e. The summed E-state index contributed by atoms with van der Waals surface area (Å²) >= 11 is 0. The van der Waals surface area contributed by atoms with Crippen molar-refractivity contribution in [1.82, 2.24) is 19.5 Å². The maximum absolute atomic E-state index is 13.5. The number of fused-ring (bicyclic) bond motifs is 1. The molecule has 3 rings (SSSR count). The van der Waals surface area contributed by atoms with Crippen LogP contribution >= 0.6 is 0 Å². The van der Waals surface area contributed by atoms with Gasteiger partial charge in [0.25, 0.3) is 0 Å². The highest BCUT2D eigenvalue weighted by molar-refractivity contribution is 5.69. The van der Waals surface area contributed by atoms with Crippen molar-refractivity contribution >= 4 is 11.7 Å². The summed E-state index contributed by atoms with van der Waals surface area (Å²) in [5, 5.41) is 8.18. The highest BCUT2D eigenvalue weighted by Crippen LogP contribution is 2.32. The monoisotopic (exact) mass is 306 g/mol. The predicted molar refractivity (Wildman–Crippen MR) is 77.9 cm³/mol. The fraction of sp³-hybridized carbons (Fsp3) is 0.533. The second-order valence-corrected chi connectivity index (χ2v) is 6.47. The third kappa shape index (κ3) is 2.75. The van der Waals surface area contributed by atoms with Crippen molar-refractivity contribution in [3.05, 3.63) is 30.0 Å². The van der Waals surface area contributed by atoms with E-state index in [0.717, 1.165) is 12.8 Å². The molecule has 7 heteroatoms. The molecule has 0 N–H and O–H groups in total. The first-order valence-electron chi connectivity index (χ1n) is 7.35. The first-order chi connectivity index (χ1) is 10.3. The Hall–Kier alpha value is -2.18. The maximum atomic E-state index is 13.5. The molecular weight excluding hydrogens is 287 g/mol. The number of carbonyl (C=O) groups excluding carboxylic acids is 1. The summed E-state index contributed by atoms with van der Waals surface area (Å²) in [6.45, 7) is 6.09. The summed E-state index contributed by atoms with van der Waals surface area (Å²) in [5.74, 6) is 0.202. The number of rotatable bonds is 1. The predicted octanol–water partition coefficient (Wildman–Crippen LogP) is 2.94. The Kier molecular flexibility index (Phi) is 3.50. The molecular formula is C15H19FN4O2. The molecule has 118 valence electrons. The minimum atomic E-state index is -0.552. The molecule has 1 fully saturated rings. The number of nitrogens with zero attached hydrogens (tertiary/aromatic N) is 4. The number of amides is 1. The molecule has 0 aliphatic carbocycles. The highest BCUT2D eigenvalue weighted by Gasteiger charge is 2.35. The van der Waals surface area contributed by atoms with E-state index < -0.39 is 5.60 Å². The van der Waals surface area contributed by atoms with E-state index in [4.69, 9.17) is 4.74 Å². The Morgan fingerprint density at radius 2 is 2.14 bits per heavy atom. The van der Waals surface area contributed by atoms with Crippen LogP contribution in [0.2, 0.25) is 0 Å². The second kappa shape index (κ2) is 5.23. The van der Waals surface area contributed by atoms with E-state index in [1.54, 1.807) is 15.4 Å². The lowest BCUT2D eigenvalue weighted by atomic mass is 10.2. The van der Waals surface area contributed by atoms with Gasteiger partial charge in [0.05, 0.1) is 6.04 Å². The molecule has 22 heavy (non-hydrogen) atoms. The van der Waals surface area contributed by atoms with Crippen molar-refractivity contribution < 1.29 is 13.9 Å². The van der Waals surface area contributed by atoms with E-state index in [-0.39, 0.29) is 18.0 Å². The molecule has 2 aromatic heterocycles. The summed E-state index contributed by atoms with van der Waals surface area (Å²) in [6.07, 6.45) is 2.59. The summed E-state index contributed by atoms with van der Waals surface area (Å²) in [6, 6.07) is 2.67. The van der Waals surface area contributed by atoms with Crippen LogP contribution < -0.4 is 0 Å². The number of carbonyl (C=O) groups is 1. The smallest absolute Gasteiger partial charge is 0.410 e. The average molecular weight is 306 g/mol. The third-order valence-corrected chi connectivity index (χ3v) is 3.57. The van der Waals surface area contributed by atoms with Crippen LogP contribution in [0.25, 0.3) is 5.65 Å². The molecule has 0 saturated carbocycles. The van der Waals surface area contributed by atoms with Gasteiger partial charge in [-0.05, 0) is 45.7 Å². The molecule has 1 atom stereocenters. The minimum absolute atomic E-state index is 0.244. The number of likely N-dealkylation sites (tertiary alicyclic amines) is 1. The first-order valence-corrected chi connectivity index (χ1v) is 7.35. The Morgan fingerprint density at radius 1 is 1.36 bits per heavy atom. The van der Waals surface area contributed by atoms with Gasteiger partial charge < -0.3 is 4.74 Å². The van der Waals surface area contributed by atoms with Gasteiger partial charge in [0.15, 0.2) is 11.5 Å². The van der Waals surface area contributed by atoms with E-state index in [1.165, 1.54) is 12.3 Å². The van der Waals surface area contributed by atoms with Crippen molar-refractivity contribution in [3.8, 4) is 0 Å². The molecule has 1 aliphatic rings. The molecule has 1 aliphatic heterocycles. The van der Waals surface area contributed by atoms with Crippen molar-refractivity contribution in [1.29, 1.82) is 0 Å². The van der Waals surface area contributed by atoms with Gasteiger partial charge in [0.1, 0.15) is 11.4 Å². The van der Waals surface area contributed by atoms with Gasteiger partial charge in [-0.3, -0.25) is 9.30 Å². The first kappa shape index (κ1) is 14.7. The molecule has 6 nitrogen and oxygen atoms in total. The Labute approximate surface area is 127 Å². The number of pyridine rings is 1. The largest absolute Gasteiger partial charge is 0.444 e. The standard InChI is InChI=1S/C15H19FN4O2/c1-15(2,3)22-14(21)19-8-4-5-11(19)13-18-17-12-7-6-10(16)9-20(12)13/h6-7,9,11H,4-5,8H2,1-3H3. The fourth-order valence-corrected chi connectivity index (χ4v) is 2.68. The number of ether oxygens (including phenoxy) is 1. The van der Waals surface area contributed by atoms with Crippen LogP contribution in [0.1, 0.15) is 45.5 Å². The summed E-state index contributed by atoms with van der Waals surface area (Å²) in [7, 11) is 0. The lowest BCUT2D eigenvalue weighted by molar-refractivity contribution is 0.0217. The SMILES string of the molecule is CC(C)(C)OC(=O)N1CCCC1c1nnc2ccc(F)cn12. The van der Waals surface area contributed by atoms with Crippen molar-refractivity contribution in [2.75, 3.05) is 6.54 Å². The van der Waals surface area contributed by atoms with Crippen molar-refractivity contribution in [3.63, 3.8) is 0 Å². The topological polar surface area (TPSA) is 59.7 Å². The van der Waals surface area contributed by atoms with Crippen LogP contribution in [0.4, 0.5) is 9.18 Å². The van der Waals surface area contributed by atoms with Crippen LogP contribution in [0.15, 0.2) is 18.3 Å². The summed E-state index contributed by atoms with van der Waals surface area (Å²) < 4.78 is 20.5. The van der Waals surface area contributed by atoms with Gasteiger partial charge in [-0.25, -0.2) is 9.18 Å². The fourth-order valence-electron chi connectivity index (χ4n) is 2.68. The van der Waals surface area contributed by atoms with E-state index in [0.29, 0.717) is 18.0 Å². The molecule has 1 unspecified atom stereocenters. The molecule has 0 spiro atoms. The lowest BCUT2D eigenvalue weighted by Gasteiger charge is -2.27. The number of halogens is 1. The van der Waals surface area contributed by atoms with Crippen LogP contribution in [0, 0.1) is 5.82 Å². The van der Waals surface area contributed by atoms with Gasteiger partial charge >= 0.3 is 6.09 Å². The normalized spacial score (nSPS) is 18.9. The van der Waals surface area contributed by atoms with Gasteiger partial charge in [0.2, 0.25) is 0 Å². The average Bonchev–Trinajstić information content (AvgIpc) is 3.01. The number of aromatic nitrogens is 3. The molecule has 3 heterocycles. The van der Waals surface area contributed by atoms with Gasteiger partial charge in [-0.2, -0.15) is 0 Å². The maximum Gasteiger partial charge on any atom is 0.410 e. The molecule has 2 aromatic rings. The van der Waals surface area contributed by atoms with E-state index in [1.807, 2.05) is 20.8 Å². The Morgan fingerprint density at radius 3 is 2.86 bits per heavy atom. The Balaban J connectivity index is 1.92. The highest BCUT2D eigenvalue weighted by atomic mass is 19.1. The van der Waals surface area contributed by atoms with E-state index in [2.05, 4.69) is 10.2 Å². The molecule has 0 aromatic carbocycles. The number of hydrogen-bond acceptors (Lipinski definition) is 4. The summed E-state index contributed by atoms with van der Waals surface area (Å²) in [4.78, 5) is 14.0. The summed E-state index contributed by atoms with van der Waals surface area (Å²) in [5.41, 5.74) is 0.0101. The zero-order valence-electron chi connectivity index (χ0n) is 12.9. The molecule has 0 radical (unpaired) electrons. The Bertz CT molecular complexity index is 707. The van der Waals surface area contributed by atoms with E-state index >= 15 is 0 Å². The van der Waals surface area contributed by atoms with Gasteiger partial charge in [-0.1, -0.05) is 0 Å². The third-order valence-electron chi connectivity index (χ3n) is 3.57.